The highest BCUT2D eigenvalue weighted by Gasteiger charge is 2.30. The Kier molecular flexibility index (Phi) is 5.32. The number of hydrogen-bond donors (Lipinski definition) is 1. The van der Waals surface area contributed by atoms with Gasteiger partial charge in [-0.3, -0.25) is 4.79 Å². The molecule has 1 aliphatic heterocycles. The van der Waals surface area contributed by atoms with Crippen molar-refractivity contribution in [2.75, 3.05) is 31.2 Å². The Bertz CT molecular complexity index is 426. The number of ether oxygens (including phenoxy) is 1. The quantitative estimate of drug-likeness (QED) is 0.788. The van der Waals surface area contributed by atoms with Crippen molar-refractivity contribution < 1.29 is 9.53 Å². The van der Waals surface area contributed by atoms with Crippen LogP contribution in [0.15, 0.2) is 12.4 Å². The molecule has 0 spiro atoms. The summed E-state index contributed by atoms with van der Waals surface area (Å²) < 4.78 is 6.37. The third-order valence-electron chi connectivity index (χ3n) is 2.84. The van der Waals surface area contributed by atoms with Gasteiger partial charge in [-0.2, -0.15) is 0 Å². The molecule has 0 bridgehead atoms. The van der Waals surface area contributed by atoms with Gasteiger partial charge in [-0.25, -0.2) is 9.97 Å². The average molecular weight is 376 g/mol. The van der Waals surface area contributed by atoms with Crippen molar-refractivity contribution in [3.63, 3.8) is 0 Å². The molecule has 6 nitrogen and oxygen atoms in total. The summed E-state index contributed by atoms with van der Waals surface area (Å²) >= 11 is 2.16. The van der Waals surface area contributed by atoms with Crippen LogP contribution in [0.4, 0.5) is 5.95 Å². The number of nitrogens with one attached hydrogen (secondary N) is 1. The number of nitrogens with zero attached hydrogens (tertiary/aromatic N) is 3. The van der Waals surface area contributed by atoms with Gasteiger partial charge in [0.2, 0.25) is 11.9 Å². The zero-order valence-corrected chi connectivity index (χ0v) is 13.0. The molecule has 0 saturated carbocycles. The van der Waals surface area contributed by atoms with E-state index in [1.807, 2.05) is 11.8 Å². The summed E-state index contributed by atoms with van der Waals surface area (Å²) in [5.74, 6) is 0.559. The van der Waals surface area contributed by atoms with Crippen LogP contribution >= 0.6 is 22.6 Å². The Morgan fingerprint density at radius 2 is 2.32 bits per heavy atom. The minimum Gasteiger partial charge on any atom is -0.377 e. The number of halogens is 1. The number of anilines is 1. The normalized spacial score (nSPS) is 19.3. The first-order valence-corrected chi connectivity index (χ1v) is 7.40. The van der Waals surface area contributed by atoms with Crippen molar-refractivity contribution in [1.82, 2.24) is 15.3 Å². The van der Waals surface area contributed by atoms with Crippen molar-refractivity contribution >= 4 is 34.4 Å². The Labute approximate surface area is 126 Å². The fourth-order valence-corrected chi connectivity index (χ4v) is 2.16. The van der Waals surface area contributed by atoms with Crippen molar-refractivity contribution in [3.05, 3.63) is 16.0 Å². The Morgan fingerprint density at radius 3 is 3.00 bits per heavy atom. The van der Waals surface area contributed by atoms with E-state index in [-0.39, 0.29) is 11.9 Å². The lowest BCUT2D eigenvalue weighted by atomic mass is 10.2. The summed E-state index contributed by atoms with van der Waals surface area (Å²) in [6.07, 6.45) is 4.41. The molecule has 1 aliphatic rings. The molecule has 1 atom stereocenters. The zero-order valence-electron chi connectivity index (χ0n) is 10.8. The molecule has 19 heavy (non-hydrogen) atoms. The van der Waals surface area contributed by atoms with Crippen molar-refractivity contribution in [2.24, 2.45) is 0 Å². The van der Waals surface area contributed by atoms with Crippen LogP contribution in [0.1, 0.15) is 13.3 Å². The highest BCUT2D eigenvalue weighted by atomic mass is 127. The molecular formula is C12H17IN4O2. The van der Waals surface area contributed by atoms with Gasteiger partial charge in [0.15, 0.2) is 0 Å². The lowest BCUT2D eigenvalue weighted by Gasteiger charge is -2.34. The highest BCUT2D eigenvalue weighted by Crippen LogP contribution is 2.15. The van der Waals surface area contributed by atoms with Gasteiger partial charge < -0.3 is 15.0 Å². The van der Waals surface area contributed by atoms with E-state index in [9.17, 15) is 4.79 Å². The molecule has 1 N–H and O–H groups in total. The van der Waals surface area contributed by atoms with Crippen LogP contribution in [0.2, 0.25) is 0 Å². The van der Waals surface area contributed by atoms with Gasteiger partial charge in [-0.05, 0) is 29.0 Å². The molecule has 1 saturated heterocycles. The minimum atomic E-state index is -0.347. The minimum absolute atomic E-state index is 0.0244. The van der Waals surface area contributed by atoms with Crippen molar-refractivity contribution in [3.8, 4) is 0 Å². The van der Waals surface area contributed by atoms with E-state index in [2.05, 4.69) is 37.9 Å². The van der Waals surface area contributed by atoms with Crippen LogP contribution in [0.3, 0.4) is 0 Å². The van der Waals surface area contributed by atoms with Gasteiger partial charge in [0.1, 0.15) is 6.04 Å². The maximum atomic E-state index is 12.1. The molecule has 2 rings (SSSR count). The smallest absolute Gasteiger partial charge is 0.245 e. The summed E-state index contributed by atoms with van der Waals surface area (Å²) in [5.41, 5.74) is 0. The van der Waals surface area contributed by atoms with Crippen molar-refractivity contribution in [1.29, 1.82) is 0 Å². The standard InChI is InChI=1S/C12H17IN4O2/c1-2-3-14-11(18)10-8-19-5-4-17(10)12-15-6-9(13)7-16-12/h6-7,10H,2-5,8H2,1H3,(H,14,18). The van der Waals surface area contributed by atoms with Crippen LogP contribution < -0.4 is 10.2 Å². The molecule has 0 aromatic carbocycles. The van der Waals surface area contributed by atoms with Crippen molar-refractivity contribution in [2.45, 2.75) is 19.4 Å². The Balaban J connectivity index is 2.11. The number of rotatable bonds is 4. The summed E-state index contributed by atoms with van der Waals surface area (Å²) in [7, 11) is 0. The Hall–Kier alpha value is -0.960. The number of amides is 1. The van der Waals surface area contributed by atoms with Gasteiger partial charge in [-0.15, -0.1) is 0 Å². The fraction of sp³-hybridized carbons (Fsp3) is 0.583. The molecule has 1 aromatic rings. The fourth-order valence-electron chi connectivity index (χ4n) is 1.88. The molecular weight excluding hydrogens is 359 g/mol. The monoisotopic (exact) mass is 376 g/mol. The first-order valence-electron chi connectivity index (χ1n) is 6.32. The second-order valence-electron chi connectivity index (χ2n) is 4.28. The average Bonchev–Trinajstić information content (AvgIpc) is 2.45. The second-order valence-corrected chi connectivity index (χ2v) is 5.52. The molecule has 7 heteroatoms. The van der Waals surface area contributed by atoms with E-state index >= 15 is 0 Å². The summed E-state index contributed by atoms with van der Waals surface area (Å²) in [4.78, 5) is 22.6. The molecule has 1 aromatic heterocycles. The van der Waals surface area contributed by atoms with Crippen LogP contribution in [-0.2, 0) is 9.53 Å². The molecule has 0 radical (unpaired) electrons. The highest BCUT2D eigenvalue weighted by molar-refractivity contribution is 14.1. The first kappa shape index (κ1) is 14.4. The predicted molar refractivity (Wildman–Crippen MR) is 80.0 cm³/mol. The van der Waals surface area contributed by atoms with E-state index in [1.54, 1.807) is 12.4 Å². The zero-order chi connectivity index (χ0) is 13.7. The van der Waals surface area contributed by atoms with E-state index < -0.39 is 0 Å². The molecule has 0 aliphatic carbocycles. The van der Waals surface area contributed by atoms with Gasteiger partial charge in [0.25, 0.3) is 0 Å². The lowest BCUT2D eigenvalue weighted by Crippen LogP contribution is -2.54. The molecule has 2 heterocycles. The second kappa shape index (κ2) is 6.99. The van der Waals surface area contributed by atoms with Crippen LogP contribution in [0, 0.1) is 3.57 Å². The summed E-state index contributed by atoms with van der Waals surface area (Å²) in [6.45, 7) is 4.30. The summed E-state index contributed by atoms with van der Waals surface area (Å²) in [5, 5.41) is 2.90. The maximum absolute atomic E-state index is 12.1. The molecule has 1 unspecified atom stereocenters. The number of aromatic nitrogens is 2. The van der Waals surface area contributed by atoms with E-state index in [1.165, 1.54) is 0 Å². The molecule has 1 fully saturated rings. The van der Waals surface area contributed by atoms with Gasteiger partial charge in [0, 0.05) is 29.1 Å². The number of hydrogen-bond acceptors (Lipinski definition) is 5. The Morgan fingerprint density at radius 1 is 1.58 bits per heavy atom. The van der Waals surface area contributed by atoms with Crippen LogP contribution in [-0.4, -0.2) is 48.2 Å². The maximum Gasteiger partial charge on any atom is 0.245 e. The van der Waals surface area contributed by atoms with Crippen LogP contribution in [0.25, 0.3) is 0 Å². The van der Waals surface area contributed by atoms with E-state index in [0.29, 0.717) is 32.3 Å². The lowest BCUT2D eigenvalue weighted by molar-refractivity contribution is -0.124. The van der Waals surface area contributed by atoms with E-state index in [4.69, 9.17) is 4.74 Å². The topological polar surface area (TPSA) is 67.3 Å². The third kappa shape index (κ3) is 3.75. The summed E-state index contributed by atoms with van der Waals surface area (Å²) in [6, 6.07) is -0.347. The third-order valence-corrected chi connectivity index (χ3v) is 3.40. The SMILES string of the molecule is CCCNC(=O)C1COCCN1c1ncc(I)cn1. The van der Waals surface area contributed by atoms with E-state index in [0.717, 1.165) is 9.99 Å². The molecule has 104 valence electrons. The molecule has 1 amide bonds. The predicted octanol–water partition coefficient (Wildman–Crippen LogP) is 0.813. The number of carbonyl (C=O) groups is 1. The number of carbonyl (C=O) groups excluding carboxylic acids is 1. The van der Waals surface area contributed by atoms with Gasteiger partial charge in [0.05, 0.1) is 13.2 Å². The van der Waals surface area contributed by atoms with Crippen LogP contribution in [0.5, 0.6) is 0 Å². The van der Waals surface area contributed by atoms with Gasteiger partial charge in [-0.1, -0.05) is 6.92 Å². The number of morpholine rings is 1. The largest absolute Gasteiger partial charge is 0.377 e. The van der Waals surface area contributed by atoms with Gasteiger partial charge >= 0.3 is 0 Å². The first-order chi connectivity index (χ1) is 9.22.